The van der Waals surface area contributed by atoms with Crippen LogP contribution >= 0.6 is 0 Å². The molecule has 0 fully saturated rings. The molecular weight excluding hydrogens is 172 g/mol. The molecule has 0 saturated carbocycles. The molecule has 0 bridgehead atoms. The second-order valence-corrected chi connectivity index (χ2v) is 3.95. The monoisotopic (exact) mass is 190 g/mol. The summed E-state index contributed by atoms with van der Waals surface area (Å²) >= 11 is 0. The first-order valence-electron chi connectivity index (χ1n) is 4.85. The molecule has 0 saturated heterocycles. The largest absolute Gasteiger partial charge is 0.489 e. The van der Waals surface area contributed by atoms with Gasteiger partial charge in [-0.15, -0.1) is 0 Å². The van der Waals surface area contributed by atoms with Crippen molar-refractivity contribution in [2.45, 2.75) is 27.7 Å². The first kappa shape index (κ1) is 10.8. The smallest absolute Gasteiger partial charge is 0.123 e. The molecule has 0 atom stereocenters. The van der Waals surface area contributed by atoms with Gasteiger partial charge in [0.05, 0.1) is 0 Å². The van der Waals surface area contributed by atoms with Crippen LogP contribution in [0.1, 0.15) is 23.6 Å². The van der Waals surface area contributed by atoms with Crippen molar-refractivity contribution in [1.29, 1.82) is 0 Å². The van der Waals surface area contributed by atoms with E-state index in [2.05, 4.69) is 39.5 Å². The SMILES string of the molecule is C=C(C)COc1cc(C)cc(C)c1C. The van der Waals surface area contributed by atoms with Crippen LogP contribution in [0.4, 0.5) is 0 Å². The lowest BCUT2D eigenvalue weighted by Gasteiger charge is -2.12. The Morgan fingerprint density at radius 1 is 1.29 bits per heavy atom. The number of hydrogen-bond acceptors (Lipinski definition) is 1. The van der Waals surface area contributed by atoms with E-state index in [1.807, 2.05) is 6.92 Å². The van der Waals surface area contributed by atoms with Gasteiger partial charge in [0.1, 0.15) is 12.4 Å². The predicted octanol–water partition coefficient (Wildman–Crippen LogP) is 3.57. The van der Waals surface area contributed by atoms with Gasteiger partial charge >= 0.3 is 0 Å². The number of hydrogen-bond donors (Lipinski definition) is 0. The van der Waals surface area contributed by atoms with Crippen LogP contribution in [-0.4, -0.2) is 6.61 Å². The topological polar surface area (TPSA) is 9.23 Å². The number of ether oxygens (including phenoxy) is 1. The Morgan fingerprint density at radius 3 is 2.50 bits per heavy atom. The maximum Gasteiger partial charge on any atom is 0.123 e. The van der Waals surface area contributed by atoms with Gasteiger partial charge in [-0.1, -0.05) is 12.6 Å². The molecule has 0 N–H and O–H groups in total. The second kappa shape index (κ2) is 4.32. The third-order valence-corrected chi connectivity index (χ3v) is 2.24. The minimum atomic E-state index is 0.601. The predicted molar refractivity (Wildman–Crippen MR) is 61.0 cm³/mol. The summed E-state index contributed by atoms with van der Waals surface area (Å²) in [5.41, 5.74) is 4.78. The molecule has 0 amide bonds. The maximum atomic E-state index is 5.66. The fourth-order valence-electron chi connectivity index (χ4n) is 1.35. The molecule has 0 aliphatic rings. The zero-order valence-electron chi connectivity index (χ0n) is 9.48. The van der Waals surface area contributed by atoms with Gasteiger partial charge in [-0.05, 0) is 56.0 Å². The van der Waals surface area contributed by atoms with E-state index in [0.29, 0.717) is 6.61 Å². The zero-order chi connectivity index (χ0) is 10.7. The molecule has 0 radical (unpaired) electrons. The van der Waals surface area contributed by atoms with Gasteiger partial charge in [-0.25, -0.2) is 0 Å². The van der Waals surface area contributed by atoms with E-state index >= 15 is 0 Å². The molecule has 0 spiro atoms. The first-order chi connectivity index (χ1) is 6.50. The van der Waals surface area contributed by atoms with E-state index < -0.39 is 0 Å². The van der Waals surface area contributed by atoms with Crippen molar-refractivity contribution in [3.63, 3.8) is 0 Å². The highest BCUT2D eigenvalue weighted by atomic mass is 16.5. The third-order valence-electron chi connectivity index (χ3n) is 2.24. The highest BCUT2D eigenvalue weighted by Crippen LogP contribution is 2.23. The van der Waals surface area contributed by atoms with Crippen molar-refractivity contribution in [2.75, 3.05) is 6.61 Å². The third kappa shape index (κ3) is 2.63. The van der Waals surface area contributed by atoms with E-state index in [4.69, 9.17) is 4.74 Å². The van der Waals surface area contributed by atoms with Crippen LogP contribution in [0.25, 0.3) is 0 Å². The molecule has 76 valence electrons. The van der Waals surface area contributed by atoms with E-state index in [9.17, 15) is 0 Å². The van der Waals surface area contributed by atoms with Crippen LogP contribution < -0.4 is 4.74 Å². The molecule has 1 nitrogen and oxygen atoms in total. The van der Waals surface area contributed by atoms with Crippen LogP contribution in [0.5, 0.6) is 5.75 Å². The molecule has 1 aromatic rings. The average molecular weight is 190 g/mol. The van der Waals surface area contributed by atoms with Crippen molar-refractivity contribution in [2.24, 2.45) is 0 Å². The van der Waals surface area contributed by atoms with Gasteiger partial charge in [0.25, 0.3) is 0 Å². The molecule has 0 unspecified atom stereocenters. The van der Waals surface area contributed by atoms with Gasteiger partial charge in [0.15, 0.2) is 0 Å². The summed E-state index contributed by atoms with van der Waals surface area (Å²) in [6.07, 6.45) is 0. The highest BCUT2D eigenvalue weighted by molar-refractivity contribution is 5.42. The Morgan fingerprint density at radius 2 is 1.93 bits per heavy atom. The second-order valence-electron chi connectivity index (χ2n) is 3.95. The molecule has 1 heteroatoms. The van der Waals surface area contributed by atoms with Crippen molar-refractivity contribution in [1.82, 2.24) is 0 Å². The first-order valence-corrected chi connectivity index (χ1v) is 4.85. The Bertz CT molecular complexity index is 350. The van der Waals surface area contributed by atoms with Crippen LogP contribution in [0.3, 0.4) is 0 Å². The fourth-order valence-corrected chi connectivity index (χ4v) is 1.35. The van der Waals surface area contributed by atoms with Gasteiger partial charge in [-0.2, -0.15) is 0 Å². The minimum Gasteiger partial charge on any atom is -0.489 e. The summed E-state index contributed by atoms with van der Waals surface area (Å²) in [6, 6.07) is 4.24. The Hall–Kier alpha value is -1.24. The van der Waals surface area contributed by atoms with Gasteiger partial charge in [0.2, 0.25) is 0 Å². The fraction of sp³-hybridized carbons (Fsp3) is 0.385. The summed E-state index contributed by atoms with van der Waals surface area (Å²) in [7, 11) is 0. The summed E-state index contributed by atoms with van der Waals surface area (Å²) in [5.74, 6) is 0.977. The number of rotatable bonds is 3. The summed E-state index contributed by atoms with van der Waals surface area (Å²) in [4.78, 5) is 0. The average Bonchev–Trinajstić information content (AvgIpc) is 2.08. The van der Waals surface area contributed by atoms with Crippen LogP contribution in [0.2, 0.25) is 0 Å². The van der Waals surface area contributed by atoms with E-state index in [1.165, 1.54) is 16.7 Å². The number of benzene rings is 1. The molecular formula is C13H18O. The van der Waals surface area contributed by atoms with Crippen molar-refractivity contribution in [3.05, 3.63) is 41.0 Å². The number of aryl methyl sites for hydroxylation is 2. The van der Waals surface area contributed by atoms with Gasteiger partial charge < -0.3 is 4.74 Å². The highest BCUT2D eigenvalue weighted by Gasteiger charge is 2.03. The van der Waals surface area contributed by atoms with Crippen molar-refractivity contribution >= 4 is 0 Å². The lowest BCUT2D eigenvalue weighted by molar-refractivity contribution is 0.349. The lowest BCUT2D eigenvalue weighted by Crippen LogP contribution is -2.00. The normalized spacial score (nSPS) is 10.0. The summed E-state index contributed by atoms with van der Waals surface area (Å²) < 4.78 is 5.66. The van der Waals surface area contributed by atoms with E-state index in [0.717, 1.165) is 11.3 Å². The standard InChI is InChI=1S/C13H18O/c1-9(2)8-14-13-7-10(3)6-11(4)12(13)5/h6-7H,1,8H2,2-5H3. The molecule has 14 heavy (non-hydrogen) atoms. The summed E-state index contributed by atoms with van der Waals surface area (Å²) in [5, 5.41) is 0. The quantitative estimate of drug-likeness (QED) is 0.662. The minimum absolute atomic E-state index is 0.601. The lowest BCUT2D eigenvalue weighted by atomic mass is 10.1. The van der Waals surface area contributed by atoms with Gasteiger partial charge in [0, 0.05) is 0 Å². The Balaban J connectivity index is 2.90. The summed E-state index contributed by atoms with van der Waals surface area (Å²) in [6.45, 7) is 12.7. The molecule has 1 aromatic carbocycles. The Kier molecular flexibility index (Phi) is 3.34. The molecule has 0 heterocycles. The molecule has 0 aliphatic heterocycles. The molecule has 0 aliphatic carbocycles. The molecule has 1 rings (SSSR count). The van der Waals surface area contributed by atoms with Crippen LogP contribution in [0.15, 0.2) is 24.3 Å². The van der Waals surface area contributed by atoms with Crippen LogP contribution in [0, 0.1) is 20.8 Å². The maximum absolute atomic E-state index is 5.66. The van der Waals surface area contributed by atoms with E-state index in [-0.39, 0.29) is 0 Å². The van der Waals surface area contributed by atoms with Crippen molar-refractivity contribution in [3.8, 4) is 5.75 Å². The van der Waals surface area contributed by atoms with Gasteiger partial charge in [-0.3, -0.25) is 0 Å². The van der Waals surface area contributed by atoms with Crippen molar-refractivity contribution < 1.29 is 4.74 Å². The Labute approximate surface area is 86.4 Å². The van der Waals surface area contributed by atoms with Crippen LogP contribution in [-0.2, 0) is 0 Å². The molecule has 0 aromatic heterocycles. The van der Waals surface area contributed by atoms with E-state index in [1.54, 1.807) is 0 Å². The zero-order valence-corrected chi connectivity index (χ0v) is 9.48.